The number of fused-ring (bicyclic) bond motifs is 1. The van der Waals surface area contributed by atoms with Crippen LogP contribution in [0.2, 0.25) is 0 Å². The molecule has 2 nitrogen and oxygen atoms in total. The van der Waals surface area contributed by atoms with E-state index in [1.54, 1.807) is 11.1 Å². The maximum Gasteiger partial charge on any atom is 0.160 e. The zero-order valence-electron chi connectivity index (χ0n) is 19.4. The van der Waals surface area contributed by atoms with Gasteiger partial charge in [-0.25, -0.2) is 0 Å². The molecule has 2 unspecified atom stereocenters. The largest absolute Gasteiger partial charge is 0.350 e. The van der Waals surface area contributed by atoms with E-state index in [0.717, 1.165) is 25.6 Å². The van der Waals surface area contributed by atoms with Crippen LogP contribution in [0.5, 0.6) is 0 Å². The molecule has 0 spiro atoms. The summed E-state index contributed by atoms with van der Waals surface area (Å²) in [7, 11) is 0. The summed E-state index contributed by atoms with van der Waals surface area (Å²) in [6.07, 6.45) is 14.2. The Bertz CT molecular complexity index is 594. The van der Waals surface area contributed by atoms with Gasteiger partial charge in [-0.05, 0) is 88.9 Å². The summed E-state index contributed by atoms with van der Waals surface area (Å²) in [6, 6.07) is 0. The van der Waals surface area contributed by atoms with Gasteiger partial charge in [-0.3, -0.25) is 0 Å². The Kier molecular flexibility index (Phi) is 7.14. The van der Waals surface area contributed by atoms with Crippen LogP contribution in [0, 0.1) is 22.7 Å². The average molecular weight is 389 g/mol. The molecule has 28 heavy (non-hydrogen) atoms. The predicted molar refractivity (Wildman–Crippen MR) is 118 cm³/mol. The van der Waals surface area contributed by atoms with Gasteiger partial charge in [0.15, 0.2) is 6.29 Å². The second kappa shape index (κ2) is 9.04. The molecular formula is C26H44O2. The molecule has 0 aromatic rings. The van der Waals surface area contributed by atoms with Crippen LogP contribution in [0.1, 0.15) is 99.3 Å². The third-order valence-corrected chi connectivity index (χ3v) is 8.36. The molecule has 0 aromatic heterocycles. The fraction of sp³-hybridized carbons (Fsp3) is 0.846. The molecule has 2 heteroatoms. The van der Waals surface area contributed by atoms with Gasteiger partial charge >= 0.3 is 0 Å². The molecule has 1 saturated heterocycles. The highest BCUT2D eigenvalue weighted by Gasteiger charge is 2.52. The molecule has 2 fully saturated rings. The van der Waals surface area contributed by atoms with Gasteiger partial charge in [0.25, 0.3) is 0 Å². The van der Waals surface area contributed by atoms with Crippen LogP contribution >= 0.6 is 0 Å². The van der Waals surface area contributed by atoms with Crippen molar-refractivity contribution in [2.45, 2.75) is 106 Å². The van der Waals surface area contributed by atoms with E-state index in [0.29, 0.717) is 16.7 Å². The van der Waals surface area contributed by atoms with Gasteiger partial charge in [0, 0.05) is 5.92 Å². The highest BCUT2D eigenvalue weighted by molar-refractivity contribution is 5.28. The molecule has 0 bridgehead atoms. The van der Waals surface area contributed by atoms with E-state index < -0.39 is 0 Å². The lowest BCUT2D eigenvalue weighted by molar-refractivity contribution is -0.0876. The maximum absolute atomic E-state index is 5.92. The number of ether oxygens (including phenoxy) is 2. The Morgan fingerprint density at radius 1 is 1.18 bits per heavy atom. The topological polar surface area (TPSA) is 18.5 Å². The Morgan fingerprint density at radius 2 is 1.89 bits per heavy atom. The molecule has 1 aliphatic heterocycles. The van der Waals surface area contributed by atoms with Gasteiger partial charge < -0.3 is 9.47 Å². The monoisotopic (exact) mass is 388 g/mol. The molecule has 1 heterocycles. The first-order chi connectivity index (χ1) is 13.3. The van der Waals surface area contributed by atoms with Crippen molar-refractivity contribution in [1.29, 1.82) is 0 Å². The van der Waals surface area contributed by atoms with E-state index >= 15 is 0 Å². The molecular weight excluding hydrogens is 344 g/mol. The Hall–Kier alpha value is -0.600. The van der Waals surface area contributed by atoms with Gasteiger partial charge in [0.1, 0.15) is 0 Å². The van der Waals surface area contributed by atoms with Crippen LogP contribution in [-0.2, 0) is 9.47 Å². The standard InChI is InChI=1S/C26H44O2/c1-7-21(24-27-16-17-28-24)18-22-20(4)11-12-23-25(5,13-8-10-19(2)3)14-9-15-26(22,23)6/h10,21,23-24H,7-9,11-18H2,1-6H3/t21?,23?,25-,26-/m1/s1. The third-order valence-electron chi connectivity index (χ3n) is 8.36. The minimum atomic E-state index is 0.0157. The summed E-state index contributed by atoms with van der Waals surface area (Å²) in [4.78, 5) is 0. The molecule has 2 aliphatic carbocycles. The predicted octanol–water partition coefficient (Wildman–Crippen LogP) is 7.45. The van der Waals surface area contributed by atoms with Gasteiger partial charge in [-0.2, -0.15) is 0 Å². The van der Waals surface area contributed by atoms with Crippen LogP contribution in [0.25, 0.3) is 0 Å². The minimum Gasteiger partial charge on any atom is -0.350 e. The summed E-state index contributed by atoms with van der Waals surface area (Å²) in [5.41, 5.74) is 5.75. The molecule has 160 valence electrons. The lowest BCUT2D eigenvalue weighted by Gasteiger charge is -2.57. The summed E-state index contributed by atoms with van der Waals surface area (Å²) in [5.74, 6) is 1.32. The average Bonchev–Trinajstić information content (AvgIpc) is 3.15. The minimum absolute atomic E-state index is 0.0157. The second-order valence-corrected chi connectivity index (χ2v) is 10.6. The molecule has 0 radical (unpaired) electrons. The molecule has 0 amide bonds. The number of allylic oxidation sites excluding steroid dienone is 4. The van der Waals surface area contributed by atoms with Crippen molar-refractivity contribution in [3.63, 3.8) is 0 Å². The Labute approximate surface area is 174 Å². The van der Waals surface area contributed by atoms with E-state index in [-0.39, 0.29) is 6.29 Å². The summed E-state index contributed by atoms with van der Waals surface area (Å²) >= 11 is 0. The highest BCUT2D eigenvalue weighted by atomic mass is 16.7. The zero-order valence-corrected chi connectivity index (χ0v) is 19.4. The maximum atomic E-state index is 5.92. The summed E-state index contributed by atoms with van der Waals surface area (Å²) < 4.78 is 11.8. The Balaban J connectivity index is 1.82. The van der Waals surface area contributed by atoms with Crippen molar-refractivity contribution in [2.75, 3.05) is 13.2 Å². The van der Waals surface area contributed by atoms with Crippen LogP contribution < -0.4 is 0 Å². The smallest absolute Gasteiger partial charge is 0.160 e. The fourth-order valence-electron chi connectivity index (χ4n) is 6.75. The zero-order chi connectivity index (χ0) is 20.4. The van der Waals surface area contributed by atoms with Crippen LogP contribution in [-0.4, -0.2) is 19.5 Å². The molecule has 0 N–H and O–H groups in total. The van der Waals surface area contributed by atoms with E-state index in [4.69, 9.17) is 9.47 Å². The van der Waals surface area contributed by atoms with Crippen molar-refractivity contribution in [3.05, 3.63) is 22.8 Å². The lowest BCUT2D eigenvalue weighted by Crippen LogP contribution is -2.47. The first-order valence-electron chi connectivity index (χ1n) is 11.9. The van der Waals surface area contributed by atoms with Crippen molar-refractivity contribution in [2.24, 2.45) is 22.7 Å². The van der Waals surface area contributed by atoms with Gasteiger partial charge in [0.2, 0.25) is 0 Å². The van der Waals surface area contributed by atoms with Gasteiger partial charge in [0.05, 0.1) is 13.2 Å². The van der Waals surface area contributed by atoms with Crippen molar-refractivity contribution >= 4 is 0 Å². The molecule has 0 aromatic carbocycles. The quantitative estimate of drug-likeness (QED) is 0.422. The third kappa shape index (κ3) is 4.43. The van der Waals surface area contributed by atoms with Crippen LogP contribution in [0.15, 0.2) is 22.8 Å². The van der Waals surface area contributed by atoms with Crippen molar-refractivity contribution in [3.8, 4) is 0 Å². The van der Waals surface area contributed by atoms with Crippen molar-refractivity contribution < 1.29 is 9.47 Å². The summed E-state index contributed by atoms with van der Waals surface area (Å²) in [5, 5.41) is 0. The highest BCUT2D eigenvalue weighted by Crippen LogP contribution is 2.62. The fourth-order valence-corrected chi connectivity index (χ4v) is 6.75. The van der Waals surface area contributed by atoms with Crippen LogP contribution in [0.4, 0.5) is 0 Å². The number of hydrogen-bond acceptors (Lipinski definition) is 2. The Morgan fingerprint density at radius 3 is 2.54 bits per heavy atom. The van der Waals surface area contributed by atoms with E-state index in [2.05, 4.69) is 47.6 Å². The molecule has 3 aliphatic rings. The molecule has 3 rings (SSSR count). The van der Waals surface area contributed by atoms with E-state index in [1.807, 2.05) is 0 Å². The summed E-state index contributed by atoms with van der Waals surface area (Å²) in [6.45, 7) is 15.9. The number of rotatable bonds is 7. The van der Waals surface area contributed by atoms with Crippen molar-refractivity contribution in [1.82, 2.24) is 0 Å². The molecule has 1 saturated carbocycles. The SMILES string of the molecule is CCC(CC1=C(C)CCC2[C@](C)(CCC=C(C)C)CCC[C@]12C)C1OCCO1. The van der Waals surface area contributed by atoms with Gasteiger partial charge in [-0.15, -0.1) is 0 Å². The normalized spacial score (nSPS) is 35.0. The first kappa shape index (κ1) is 22.1. The second-order valence-electron chi connectivity index (χ2n) is 10.6. The number of hydrogen-bond donors (Lipinski definition) is 0. The first-order valence-corrected chi connectivity index (χ1v) is 11.9. The van der Waals surface area contributed by atoms with E-state index in [1.165, 1.54) is 56.9 Å². The molecule has 4 atom stereocenters. The lowest BCUT2D eigenvalue weighted by atomic mass is 9.48. The van der Waals surface area contributed by atoms with Gasteiger partial charge in [-0.1, -0.05) is 50.0 Å². The van der Waals surface area contributed by atoms with Crippen LogP contribution in [0.3, 0.4) is 0 Å². The van der Waals surface area contributed by atoms with E-state index in [9.17, 15) is 0 Å².